The molecule has 1 aromatic carbocycles. The third kappa shape index (κ3) is 4.74. The molecule has 2 heterocycles. The number of aryl methyl sites for hydroxylation is 2. The lowest BCUT2D eigenvalue weighted by molar-refractivity contribution is -0.144. The lowest BCUT2D eigenvalue weighted by Crippen LogP contribution is -2.40. The van der Waals surface area contributed by atoms with Crippen LogP contribution in [0, 0.1) is 32.5 Å². The smallest absolute Gasteiger partial charge is 0.306 e. The summed E-state index contributed by atoms with van der Waals surface area (Å²) in [6.45, 7) is 8.97. The number of carbonyl (C=O) groups excluding carboxylic acids is 2. The van der Waals surface area contributed by atoms with Crippen LogP contribution in [0.4, 0.5) is 4.39 Å². The SMILES string of the molecule is CCOC(=O)C[C@@H](c1ccc(F)cc1)C1CCN(C(=O)c2c(C)oc(C)c2C)CC1. The first-order valence-electron chi connectivity index (χ1n) is 10.6. The molecule has 5 nitrogen and oxygen atoms in total. The molecule has 1 atom stereocenters. The van der Waals surface area contributed by atoms with Gasteiger partial charge in [0, 0.05) is 18.7 Å². The van der Waals surface area contributed by atoms with E-state index in [9.17, 15) is 14.0 Å². The fourth-order valence-corrected chi connectivity index (χ4v) is 4.44. The number of hydrogen-bond acceptors (Lipinski definition) is 4. The molecule has 1 aromatic heterocycles. The minimum atomic E-state index is -0.296. The highest BCUT2D eigenvalue weighted by molar-refractivity contribution is 5.97. The zero-order valence-electron chi connectivity index (χ0n) is 18.2. The maximum atomic E-state index is 13.4. The van der Waals surface area contributed by atoms with Crippen molar-refractivity contribution in [2.75, 3.05) is 19.7 Å². The molecule has 0 bridgehead atoms. The lowest BCUT2D eigenvalue weighted by Gasteiger charge is -2.36. The second-order valence-corrected chi connectivity index (χ2v) is 8.01. The van der Waals surface area contributed by atoms with Crippen molar-refractivity contribution >= 4 is 11.9 Å². The van der Waals surface area contributed by atoms with Gasteiger partial charge in [-0.15, -0.1) is 0 Å². The van der Waals surface area contributed by atoms with Crippen molar-refractivity contribution in [2.45, 2.75) is 52.9 Å². The van der Waals surface area contributed by atoms with Gasteiger partial charge < -0.3 is 14.1 Å². The fourth-order valence-electron chi connectivity index (χ4n) is 4.44. The molecule has 0 unspecified atom stereocenters. The van der Waals surface area contributed by atoms with Gasteiger partial charge in [-0.3, -0.25) is 9.59 Å². The van der Waals surface area contributed by atoms with Gasteiger partial charge in [-0.25, -0.2) is 4.39 Å². The van der Waals surface area contributed by atoms with E-state index < -0.39 is 0 Å². The Morgan fingerprint density at radius 3 is 2.30 bits per heavy atom. The van der Waals surface area contributed by atoms with E-state index in [0.717, 1.165) is 29.7 Å². The summed E-state index contributed by atoms with van der Waals surface area (Å²) in [4.78, 5) is 27.1. The molecule has 1 aliphatic heterocycles. The topological polar surface area (TPSA) is 59.8 Å². The number of ether oxygens (including phenoxy) is 1. The van der Waals surface area contributed by atoms with Crippen molar-refractivity contribution in [3.63, 3.8) is 0 Å². The molecule has 2 aromatic rings. The number of nitrogens with zero attached hydrogens (tertiary/aromatic N) is 1. The number of amides is 1. The Morgan fingerprint density at radius 2 is 1.77 bits per heavy atom. The van der Waals surface area contributed by atoms with Crippen molar-refractivity contribution < 1.29 is 23.1 Å². The average Bonchev–Trinajstić information content (AvgIpc) is 2.98. The van der Waals surface area contributed by atoms with Crippen molar-refractivity contribution in [2.24, 2.45) is 5.92 Å². The second kappa shape index (κ2) is 9.45. The van der Waals surface area contributed by atoms with Crippen molar-refractivity contribution in [3.8, 4) is 0 Å². The summed E-state index contributed by atoms with van der Waals surface area (Å²) in [5.74, 6) is 1.06. The highest BCUT2D eigenvalue weighted by Crippen LogP contribution is 2.36. The second-order valence-electron chi connectivity index (χ2n) is 8.01. The molecule has 162 valence electrons. The van der Waals surface area contributed by atoms with Crippen LogP contribution in [0.25, 0.3) is 0 Å². The summed E-state index contributed by atoms with van der Waals surface area (Å²) in [7, 11) is 0. The van der Waals surface area contributed by atoms with Gasteiger partial charge in [0.15, 0.2) is 0 Å². The molecular formula is C24H30FNO4. The molecule has 30 heavy (non-hydrogen) atoms. The number of carbonyl (C=O) groups is 2. The minimum Gasteiger partial charge on any atom is -0.466 e. The Balaban J connectivity index is 1.72. The van der Waals surface area contributed by atoms with E-state index in [1.54, 1.807) is 19.1 Å². The van der Waals surface area contributed by atoms with E-state index in [-0.39, 0.29) is 36.0 Å². The lowest BCUT2D eigenvalue weighted by atomic mass is 9.78. The monoisotopic (exact) mass is 415 g/mol. The summed E-state index contributed by atoms with van der Waals surface area (Å²) in [6.07, 6.45) is 1.82. The predicted molar refractivity (Wildman–Crippen MR) is 112 cm³/mol. The van der Waals surface area contributed by atoms with Crippen LogP contribution >= 0.6 is 0 Å². The van der Waals surface area contributed by atoms with Gasteiger partial charge in [0.1, 0.15) is 17.3 Å². The molecule has 0 aliphatic carbocycles. The number of halogens is 1. The fraction of sp³-hybridized carbons (Fsp3) is 0.500. The molecule has 0 spiro atoms. The van der Waals surface area contributed by atoms with Gasteiger partial charge in [-0.1, -0.05) is 12.1 Å². The van der Waals surface area contributed by atoms with Gasteiger partial charge >= 0.3 is 5.97 Å². The number of benzene rings is 1. The summed E-state index contributed by atoms with van der Waals surface area (Å²) in [6, 6.07) is 6.35. The Labute approximate surface area is 177 Å². The van der Waals surface area contributed by atoms with Gasteiger partial charge in [0.2, 0.25) is 0 Å². The quantitative estimate of drug-likeness (QED) is 0.628. The van der Waals surface area contributed by atoms with Crippen LogP contribution < -0.4 is 0 Å². The third-order valence-corrected chi connectivity index (χ3v) is 6.16. The van der Waals surface area contributed by atoms with Crippen LogP contribution in [0.1, 0.15) is 65.1 Å². The first-order chi connectivity index (χ1) is 14.3. The number of hydrogen-bond donors (Lipinski definition) is 0. The highest BCUT2D eigenvalue weighted by Gasteiger charge is 2.33. The number of likely N-dealkylation sites (tertiary alicyclic amines) is 1. The largest absolute Gasteiger partial charge is 0.466 e. The van der Waals surface area contributed by atoms with E-state index in [1.807, 2.05) is 25.7 Å². The van der Waals surface area contributed by atoms with Gasteiger partial charge in [0.05, 0.1) is 18.6 Å². The summed E-state index contributed by atoms with van der Waals surface area (Å²) < 4.78 is 24.2. The number of furan rings is 1. The maximum absolute atomic E-state index is 13.4. The maximum Gasteiger partial charge on any atom is 0.306 e. The van der Waals surface area contributed by atoms with Crippen LogP contribution in [0.2, 0.25) is 0 Å². The Morgan fingerprint density at radius 1 is 1.13 bits per heavy atom. The van der Waals surface area contributed by atoms with E-state index in [4.69, 9.17) is 9.15 Å². The van der Waals surface area contributed by atoms with E-state index >= 15 is 0 Å². The molecule has 6 heteroatoms. The Kier molecular flexibility index (Phi) is 6.95. The predicted octanol–water partition coefficient (Wildman–Crippen LogP) is 4.93. The van der Waals surface area contributed by atoms with Gasteiger partial charge in [-0.2, -0.15) is 0 Å². The van der Waals surface area contributed by atoms with Gasteiger partial charge in [-0.05, 0) is 70.1 Å². The first kappa shape index (κ1) is 22.1. The van der Waals surface area contributed by atoms with Crippen molar-refractivity contribution in [1.29, 1.82) is 0 Å². The zero-order chi connectivity index (χ0) is 21.8. The summed E-state index contributed by atoms with van der Waals surface area (Å²) in [5.41, 5.74) is 2.49. The van der Waals surface area contributed by atoms with Crippen LogP contribution in [0.3, 0.4) is 0 Å². The van der Waals surface area contributed by atoms with E-state index in [1.165, 1.54) is 12.1 Å². The molecule has 3 rings (SSSR count). The van der Waals surface area contributed by atoms with Crippen molar-refractivity contribution in [1.82, 2.24) is 4.90 Å². The Hall–Kier alpha value is -2.63. The third-order valence-electron chi connectivity index (χ3n) is 6.16. The molecule has 1 fully saturated rings. The van der Waals surface area contributed by atoms with Crippen LogP contribution in [0.15, 0.2) is 28.7 Å². The molecule has 1 amide bonds. The van der Waals surface area contributed by atoms with Crippen LogP contribution in [-0.4, -0.2) is 36.5 Å². The van der Waals surface area contributed by atoms with Gasteiger partial charge in [0.25, 0.3) is 5.91 Å². The Bertz CT molecular complexity index is 895. The average molecular weight is 416 g/mol. The van der Waals surface area contributed by atoms with Crippen molar-refractivity contribution in [3.05, 3.63) is 58.3 Å². The highest BCUT2D eigenvalue weighted by atomic mass is 19.1. The molecule has 1 aliphatic rings. The molecule has 0 radical (unpaired) electrons. The number of rotatable bonds is 6. The number of esters is 1. The molecule has 0 N–H and O–H groups in total. The molecular weight excluding hydrogens is 385 g/mol. The van der Waals surface area contributed by atoms with E-state index in [0.29, 0.717) is 31.0 Å². The number of piperidine rings is 1. The first-order valence-corrected chi connectivity index (χ1v) is 10.6. The molecule has 0 saturated carbocycles. The van der Waals surface area contributed by atoms with Crippen LogP contribution in [-0.2, 0) is 9.53 Å². The molecule has 1 saturated heterocycles. The summed E-state index contributed by atoms with van der Waals surface area (Å²) in [5, 5.41) is 0. The summed E-state index contributed by atoms with van der Waals surface area (Å²) >= 11 is 0. The minimum absolute atomic E-state index is 0.00373. The normalized spacial score (nSPS) is 15.8. The standard InChI is InChI=1S/C24H30FNO4/c1-5-29-22(27)14-21(18-6-8-20(25)9-7-18)19-10-12-26(13-11-19)24(28)23-15(2)16(3)30-17(23)4/h6-9,19,21H,5,10-14H2,1-4H3/t21-/m0/s1. The van der Waals surface area contributed by atoms with E-state index in [2.05, 4.69) is 0 Å². The zero-order valence-corrected chi connectivity index (χ0v) is 18.2. The van der Waals surface area contributed by atoms with Crippen LogP contribution in [0.5, 0.6) is 0 Å².